The van der Waals surface area contributed by atoms with E-state index < -0.39 is 48.1 Å². The highest BCUT2D eigenvalue weighted by Gasteiger charge is 2.49. The Balaban J connectivity index is 1.53. The number of hydrogen-bond donors (Lipinski definition) is 2. The van der Waals surface area contributed by atoms with Crippen LogP contribution in [0.25, 0.3) is 0 Å². The lowest BCUT2D eigenvalue weighted by Gasteiger charge is -2.18. The van der Waals surface area contributed by atoms with Gasteiger partial charge in [-0.2, -0.15) is 13.2 Å². The first-order valence-electron chi connectivity index (χ1n) is 8.44. The standard InChI is InChI=1S/C17H19F3N2O6/c1-25-13(23)8-26-12-7-28-14-11(6-27-15(12)14)22-16(24)21-10-4-2-3-9(5-10)17(18,19)20/h2-5,11-12,14-15H,6-8H2,1H3,(H2,21,22,24). The van der Waals surface area contributed by atoms with Crippen molar-refractivity contribution >= 4 is 17.7 Å². The second kappa shape index (κ2) is 8.33. The summed E-state index contributed by atoms with van der Waals surface area (Å²) < 4.78 is 59.3. The Morgan fingerprint density at radius 1 is 1.21 bits per heavy atom. The zero-order valence-corrected chi connectivity index (χ0v) is 14.8. The van der Waals surface area contributed by atoms with Gasteiger partial charge in [0.2, 0.25) is 0 Å². The molecule has 0 saturated carbocycles. The van der Waals surface area contributed by atoms with Crippen LogP contribution in [0.2, 0.25) is 0 Å². The fourth-order valence-electron chi connectivity index (χ4n) is 3.07. The second-order valence-electron chi connectivity index (χ2n) is 6.31. The molecule has 0 bridgehead atoms. The molecule has 2 aliphatic rings. The number of benzene rings is 1. The number of hydrogen-bond acceptors (Lipinski definition) is 6. The van der Waals surface area contributed by atoms with Gasteiger partial charge in [0.05, 0.1) is 31.9 Å². The van der Waals surface area contributed by atoms with Gasteiger partial charge >= 0.3 is 18.2 Å². The summed E-state index contributed by atoms with van der Waals surface area (Å²) in [5.74, 6) is -0.531. The molecule has 11 heteroatoms. The van der Waals surface area contributed by atoms with E-state index in [1.54, 1.807) is 0 Å². The third-order valence-electron chi connectivity index (χ3n) is 4.42. The normalized spacial score (nSPS) is 26.6. The van der Waals surface area contributed by atoms with Crippen molar-refractivity contribution in [3.63, 3.8) is 0 Å². The molecule has 0 radical (unpaired) electrons. The number of halogens is 3. The lowest BCUT2D eigenvalue weighted by molar-refractivity contribution is -0.150. The minimum absolute atomic E-state index is 0.00872. The maximum Gasteiger partial charge on any atom is 0.416 e. The number of amides is 2. The summed E-state index contributed by atoms with van der Waals surface area (Å²) in [6.45, 7) is 0.0778. The Morgan fingerprint density at radius 3 is 2.68 bits per heavy atom. The Hall–Kier alpha value is -2.37. The first-order chi connectivity index (χ1) is 13.3. The van der Waals surface area contributed by atoms with E-state index in [4.69, 9.17) is 14.2 Å². The highest BCUT2D eigenvalue weighted by atomic mass is 19.4. The predicted octanol–water partition coefficient (Wildman–Crippen LogP) is 1.55. The average molecular weight is 404 g/mol. The molecule has 154 valence electrons. The number of ether oxygens (including phenoxy) is 4. The molecule has 28 heavy (non-hydrogen) atoms. The fourth-order valence-corrected chi connectivity index (χ4v) is 3.07. The van der Waals surface area contributed by atoms with Crippen LogP contribution in [0.3, 0.4) is 0 Å². The van der Waals surface area contributed by atoms with Gasteiger partial charge in [-0.05, 0) is 18.2 Å². The largest absolute Gasteiger partial charge is 0.467 e. The van der Waals surface area contributed by atoms with Crippen LogP contribution in [0.5, 0.6) is 0 Å². The molecular formula is C17H19F3N2O6. The number of fused-ring (bicyclic) bond motifs is 1. The maximum atomic E-state index is 12.7. The Kier molecular flexibility index (Phi) is 6.06. The van der Waals surface area contributed by atoms with Gasteiger partial charge in [0, 0.05) is 5.69 Å². The number of urea groups is 1. The maximum absolute atomic E-state index is 12.7. The van der Waals surface area contributed by atoms with E-state index in [0.29, 0.717) is 0 Å². The number of methoxy groups -OCH3 is 1. The minimum Gasteiger partial charge on any atom is -0.467 e. The zero-order valence-electron chi connectivity index (χ0n) is 14.8. The van der Waals surface area contributed by atoms with Gasteiger partial charge in [-0.15, -0.1) is 0 Å². The van der Waals surface area contributed by atoms with E-state index in [9.17, 15) is 22.8 Å². The molecule has 1 aromatic rings. The van der Waals surface area contributed by atoms with Crippen LogP contribution in [0, 0.1) is 0 Å². The van der Waals surface area contributed by atoms with Gasteiger partial charge in [-0.1, -0.05) is 6.07 Å². The Bertz CT molecular complexity index is 729. The van der Waals surface area contributed by atoms with Crippen molar-refractivity contribution in [1.29, 1.82) is 0 Å². The van der Waals surface area contributed by atoms with Crippen molar-refractivity contribution < 1.29 is 41.7 Å². The number of nitrogens with one attached hydrogen (secondary N) is 2. The highest BCUT2D eigenvalue weighted by Crippen LogP contribution is 2.31. The molecular weight excluding hydrogens is 385 g/mol. The zero-order chi connectivity index (χ0) is 20.3. The molecule has 2 aliphatic heterocycles. The van der Waals surface area contributed by atoms with E-state index >= 15 is 0 Å². The molecule has 1 aromatic carbocycles. The molecule has 0 aromatic heterocycles. The summed E-state index contributed by atoms with van der Waals surface area (Å²) in [7, 11) is 1.24. The average Bonchev–Trinajstić information content (AvgIpc) is 3.22. The van der Waals surface area contributed by atoms with Gasteiger partial charge in [-0.3, -0.25) is 0 Å². The van der Waals surface area contributed by atoms with Crippen LogP contribution in [0.15, 0.2) is 24.3 Å². The third-order valence-corrected chi connectivity index (χ3v) is 4.42. The Labute approximate surface area is 158 Å². The smallest absolute Gasteiger partial charge is 0.416 e. The van der Waals surface area contributed by atoms with Gasteiger partial charge in [0.15, 0.2) is 0 Å². The summed E-state index contributed by atoms with van der Waals surface area (Å²) in [4.78, 5) is 23.3. The first kappa shape index (κ1) is 20.4. The molecule has 2 N–H and O–H groups in total. The quantitative estimate of drug-likeness (QED) is 0.724. The van der Waals surface area contributed by atoms with E-state index in [1.807, 2.05) is 0 Å². The van der Waals surface area contributed by atoms with E-state index in [1.165, 1.54) is 19.2 Å². The van der Waals surface area contributed by atoms with Crippen molar-refractivity contribution in [2.75, 3.05) is 32.2 Å². The summed E-state index contributed by atoms with van der Waals surface area (Å²) in [6, 6.07) is 3.12. The molecule has 3 rings (SSSR count). The monoisotopic (exact) mass is 404 g/mol. The minimum atomic E-state index is -4.50. The van der Waals surface area contributed by atoms with E-state index in [0.717, 1.165) is 12.1 Å². The fraction of sp³-hybridized carbons (Fsp3) is 0.529. The lowest BCUT2D eigenvalue weighted by atomic mass is 10.1. The van der Waals surface area contributed by atoms with Crippen molar-refractivity contribution in [3.8, 4) is 0 Å². The second-order valence-corrected chi connectivity index (χ2v) is 6.31. The van der Waals surface area contributed by atoms with Gasteiger partial charge in [0.25, 0.3) is 0 Å². The first-order valence-corrected chi connectivity index (χ1v) is 8.44. The van der Waals surface area contributed by atoms with Crippen molar-refractivity contribution in [2.24, 2.45) is 0 Å². The molecule has 2 saturated heterocycles. The van der Waals surface area contributed by atoms with E-state index in [-0.39, 0.29) is 25.5 Å². The molecule has 4 atom stereocenters. The molecule has 8 nitrogen and oxygen atoms in total. The molecule has 0 spiro atoms. The molecule has 2 heterocycles. The van der Waals surface area contributed by atoms with Crippen LogP contribution >= 0.6 is 0 Å². The van der Waals surface area contributed by atoms with Crippen LogP contribution in [0.4, 0.5) is 23.7 Å². The van der Waals surface area contributed by atoms with Gasteiger partial charge in [-0.25, -0.2) is 9.59 Å². The van der Waals surface area contributed by atoms with Crippen LogP contribution < -0.4 is 10.6 Å². The van der Waals surface area contributed by atoms with Crippen LogP contribution in [-0.4, -0.2) is 63.3 Å². The predicted molar refractivity (Wildman–Crippen MR) is 88.6 cm³/mol. The number of carbonyl (C=O) groups excluding carboxylic acids is 2. The van der Waals surface area contributed by atoms with Crippen LogP contribution in [-0.2, 0) is 29.9 Å². The third kappa shape index (κ3) is 4.72. The SMILES string of the molecule is COC(=O)COC1COC2C(NC(=O)Nc3cccc(C(F)(F)F)c3)COC12. The summed E-state index contributed by atoms with van der Waals surface area (Å²) in [5, 5.41) is 4.99. The van der Waals surface area contributed by atoms with Crippen molar-refractivity contribution in [2.45, 2.75) is 30.5 Å². The highest BCUT2D eigenvalue weighted by molar-refractivity contribution is 5.89. The number of carbonyl (C=O) groups is 2. The topological polar surface area (TPSA) is 95.1 Å². The summed E-state index contributed by atoms with van der Waals surface area (Å²) in [6.07, 6.45) is -5.95. The van der Waals surface area contributed by atoms with Crippen molar-refractivity contribution in [1.82, 2.24) is 5.32 Å². The molecule has 2 fully saturated rings. The number of anilines is 1. The number of esters is 1. The number of alkyl halides is 3. The van der Waals surface area contributed by atoms with Crippen LogP contribution in [0.1, 0.15) is 5.56 Å². The van der Waals surface area contributed by atoms with Crippen molar-refractivity contribution in [3.05, 3.63) is 29.8 Å². The molecule has 2 amide bonds. The molecule has 4 unspecified atom stereocenters. The number of rotatable bonds is 5. The van der Waals surface area contributed by atoms with E-state index in [2.05, 4.69) is 15.4 Å². The van der Waals surface area contributed by atoms with Gasteiger partial charge in [0.1, 0.15) is 24.9 Å². The summed E-state index contributed by atoms with van der Waals surface area (Å²) in [5.41, 5.74) is -0.853. The molecule has 0 aliphatic carbocycles. The van der Waals surface area contributed by atoms with Gasteiger partial charge < -0.3 is 29.6 Å². The lowest BCUT2D eigenvalue weighted by Crippen LogP contribution is -2.46. The summed E-state index contributed by atoms with van der Waals surface area (Å²) >= 11 is 0. The Morgan fingerprint density at radius 2 is 1.96 bits per heavy atom.